The fraction of sp³-hybridized carbons (Fsp3) is 0.353. The van der Waals surface area contributed by atoms with Gasteiger partial charge in [0, 0.05) is 13.0 Å². The van der Waals surface area contributed by atoms with Crippen molar-refractivity contribution in [3.05, 3.63) is 58.3 Å². The highest BCUT2D eigenvalue weighted by Crippen LogP contribution is 2.19. The maximum Gasteiger partial charge on any atom is 0.223 e. The maximum absolute atomic E-state index is 12.4. The summed E-state index contributed by atoms with van der Waals surface area (Å²) in [6, 6.07) is 11.7. The molecule has 1 unspecified atom stereocenters. The Bertz CT molecular complexity index is 557. The molecule has 1 atom stereocenters. The van der Waals surface area contributed by atoms with Gasteiger partial charge in [-0.3, -0.25) is 4.79 Å². The van der Waals surface area contributed by atoms with Gasteiger partial charge in [0.2, 0.25) is 5.91 Å². The summed E-state index contributed by atoms with van der Waals surface area (Å²) in [6.07, 6.45) is 0.426. The first-order valence-corrected chi connectivity index (χ1v) is 8.37. The molecule has 5 heteroatoms. The standard InChI is InChI=1S/C17H22N2O2S/c18-9-4-7-17(21)19(11-14-5-2-1-3-6-14)12-16(20)15-8-10-22-13-15/h1-3,5-6,8,10,13,16,20H,4,7,9,11-12,18H2. The van der Waals surface area contributed by atoms with E-state index in [0.717, 1.165) is 11.1 Å². The van der Waals surface area contributed by atoms with E-state index in [1.165, 1.54) is 0 Å². The van der Waals surface area contributed by atoms with Crippen molar-refractivity contribution in [2.24, 2.45) is 5.73 Å². The third-order valence-electron chi connectivity index (χ3n) is 3.49. The molecule has 1 heterocycles. The summed E-state index contributed by atoms with van der Waals surface area (Å²) in [5.41, 5.74) is 7.40. The summed E-state index contributed by atoms with van der Waals surface area (Å²) in [5.74, 6) is 0.0311. The summed E-state index contributed by atoms with van der Waals surface area (Å²) in [6.45, 7) is 1.30. The Labute approximate surface area is 135 Å². The number of hydrogen-bond donors (Lipinski definition) is 2. The molecule has 0 bridgehead atoms. The highest BCUT2D eigenvalue weighted by molar-refractivity contribution is 7.07. The minimum absolute atomic E-state index is 0.0311. The van der Waals surface area contributed by atoms with Crippen molar-refractivity contribution in [2.45, 2.75) is 25.5 Å². The second kappa shape index (κ2) is 8.68. The molecule has 0 saturated heterocycles. The molecule has 2 aromatic rings. The summed E-state index contributed by atoms with van der Waals surface area (Å²) in [7, 11) is 0. The van der Waals surface area contributed by atoms with Gasteiger partial charge in [0.15, 0.2) is 0 Å². The number of carbonyl (C=O) groups excluding carboxylic acids is 1. The van der Waals surface area contributed by atoms with Crippen LogP contribution >= 0.6 is 11.3 Å². The van der Waals surface area contributed by atoms with E-state index in [1.807, 2.05) is 47.2 Å². The molecule has 0 aliphatic rings. The number of hydrogen-bond acceptors (Lipinski definition) is 4. The summed E-state index contributed by atoms with van der Waals surface area (Å²) in [5, 5.41) is 14.2. The predicted molar refractivity (Wildman–Crippen MR) is 89.4 cm³/mol. The van der Waals surface area contributed by atoms with E-state index >= 15 is 0 Å². The molecule has 2 rings (SSSR count). The minimum Gasteiger partial charge on any atom is -0.387 e. The Morgan fingerprint density at radius 1 is 1.27 bits per heavy atom. The Morgan fingerprint density at radius 3 is 2.68 bits per heavy atom. The molecule has 0 aliphatic heterocycles. The van der Waals surface area contributed by atoms with Gasteiger partial charge in [-0.25, -0.2) is 0 Å². The number of nitrogens with zero attached hydrogens (tertiary/aromatic N) is 1. The summed E-state index contributed by atoms with van der Waals surface area (Å²) >= 11 is 1.54. The van der Waals surface area contributed by atoms with Gasteiger partial charge in [-0.1, -0.05) is 30.3 Å². The number of carbonyl (C=O) groups is 1. The van der Waals surface area contributed by atoms with Crippen LogP contribution in [0.5, 0.6) is 0 Å². The first-order chi connectivity index (χ1) is 10.7. The van der Waals surface area contributed by atoms with Crippen molar-refractivity contribution in [2.75, 3.05) is 13.1 Å². The van der Waals surface area contributed by atoms with Crippen molar-refractivity contribution in [1.29, 1.82) is 0 Å². The molecule has 118 valence electrons. The van der Waals surface area contributed by atoms with Crippen molar-refractivity contribution < 1.29 is 9.90 Å². The summed E-state index contributed by atoms with van der Waals surface area (Å²) < 4.78 is 0. The lowest BCUT2D eigenvalue weighted by molar-refractivity contribution is -0.133. The van der Waals surface area contributed by atoms with Crippen molar-refractivity contribution in [3.63, 3.8) is 0 Å². The zero-order chi connectivity index (χ0) is 15.8. The van der Waals surface area contributed by atoms with E-state index in [1.54, 1.807) is 16.2 Å². The maximum atomic E-state index is 12.4. The molecule has 1 aromatic heterocycles. The van der Waals surface area contributed by atoms with E-state index in [2.05, 4.69) is 0 Å². The quantitative estimate of drug-likeness (QED) is 0.786. The molecule has 1 aromatic carbocycles. The van der Waals surface area contributed by atoms with Crippen molar-refractivity contribution in [3.8, 4) is 0 Å². The molecular weight excluding hydrogens is 296 g/mol. The lowest BCUT2D eigenvalue weighted by Crippen LogP contribution is -2.34. The summed E-state index contributed by atoms with van der Waals surface area (Å²) in [4.78, 5) is 14.1. The first kappa shape index (κ1) is 16.7. The molecule has 0 spiro atoms. The number of aliphatic hydroxyl groups is 1. The van der Waals surface area contributed by atoms with Gasteiger partial charge in [0.1, 0.15) is 0 Å². The van der Waals surface area contributed by atoms with E-state index < -0.39 is 6.10 Å². The van der Waals surface area contributed by atoms with Gasteiger partial charge < -0.3 is 15.7 Å². The normalized spacial score (nSPS) is 12.1. The Balaban J connectivity index is 2.05. The van der Waals surface area contributed by atoms with Crippen LogP contribution in [0.3, 0.4) is 0 Å². The van der Waals surface area contributed by atoms with Crippen LogP contribution in [0.4, 0.5) is 0 Å². The van der Waals surface area contributed by atoms with Crippen molar-refractivity contribution in [1.82, 2.24) is 4.90 Å². The largest absolute Gasteiger partial charge is 0.387 e. The number of thiophene rings is 1. The van der Waals surface area contributed by atoms with E-state index in [4.69, 9.17) is 5.73 Å². The average Bonchev–Trinajstić information content (AvgIpc) is 3.07. The fourth-order valence-corrected chi connectivity index (χ4v) is 2.96. The number of rotatable bonds is 8. The van der Waals surface area contributed by atoms with E-state index in [9.17, 15) is 9.90 Å². The lowest BCUT2D eigenvalue weighted by atomic mass is 10.1. The van der Waals surface area contributed by atoms with Crippen LogP contribution < -0.4 is 5.73 Å². The smallest absolute Gasteiger partial charge is 0.223 e. The van der Waals surface area contributed by atoms with Crippen LogP contribution in [-0.2, 0) is 11.3 Å². The second-order valence-electron chi connectivity index (χ2n) is 5.22. The van der Waals surface area contributed by atoms with Gasteiger partial charge in [0.25, 0.3) is 0 Å². The highest BCUT2D eigenvalue weighted by atomic mass is 32.1. The zero-order valence-electron chi connectivity index (χ0n) is 12.5. The third-order valence-corrected chi connectivity index (χ3v) is 4.19. The second-order valence-corrected chi connectivity index (χ2v) is 6.00. The molecule has 1 amide bonds. The van der Waals surface area contributed by atoms with Crippen LogP contribution in [0.25, 0.3) is 0 Å². The van der Waals surface area contributed by atoms with Crippen LogP contribution in [0.1, 0.15) is 30.1 Å². The average molecular weight is 318 g/mol. The van der Waals surface area contributed by atoms with Crippen LogP contribution in [0.15, 0.2) is 47.2 Å². The number of amides is 1. The van der Waals surface area contributed by atoms with Gasteiger partial charge in [0.05, 0.1) is 12.6 Å². The molecule has 0 aliphatic carbocycles. The van der Waals surface area contributed by atoms with E-state index in [0.29, 0.717) is 32.5 Å². The van der Waals surface area contributed by atoms with Gasteiger partial charge in [-0.15, -0.1) is 0 Å². The Hall–Kier alpha value is -1.69. The number of aliphatic hydroxyl groups excluding tert-OH is 1. The Morgan fingerprint density at radius 2 is 2.05 bits per heavy atom. The highest BCUT2D eigenvalue weighted by Gasteiger charge is 2.19. The molecule has 0 fully saturated rings. The third kappa shape index (κ3) is 4.94. The van der Waals surface area contributed by atoms with Crippen LogP contribution in [-0.4, -0.2) is 29.0 Å². The van der Waals surface area contributed by atoms with Crippen molar-refractivity contribution >= 4 is 17.2 Å². The van der Waals surface area contributed by atoms with E-state index in [-0.39, 0.29) is 5.91 Å². The number of benzene rings is 1. The van der Waals surface area contributed by atoms with Crippen LogP contribution in [0.2, 0.25) is 0 Å². The molecule has 3 N–H and O–H groups in total. The van der Waals surface area contributed by atoms with Gasteiger partial charge in [-0.2, -0.15) is 11.3 Å². The zero-order valence-corrected chi connectivity index (χ0v) is 13.3. The molecule has 0 radical (unpaired) electrons. The first-order valence-electron chi connectivity index (χ1n) is 7.42. The number of nitrogens with two attached hydrogens (primary N) is 1. The van der Waals surface area contributed by atoms with Gasteiger partial charge >= 0.3 is 0 Å². The predicted octanol–water partition coefficient (Wildman–Crippen LogP) is 2.55. The Kier molecular flexibility index (Phi) is 6.58. The molecular formula is C17H22N2O2S. The minimum atomic E-state index is -0.656. The van der Waals surface area contributed by atoms with Crippen LogP contribution in [0, 0.1) is 0 Å². The molecule has 22 heavy (non-hydrogen) atoms. The van der Waals surface area contributed by atoms with Gasteiger partial charge in [-0.05, 0) is 40.9 Å². The molecule has 0 saturated carbocycles. The monoisotopic (exact) mass is 318 g/mol. The SMILES string of the molecule is NCCCC(=O)N(Cc1ccccc1)CC(O)c1ccsc1. The topological polar surface area (TPSA) is 66.6 Å². The lowest BCUT2D eigenvalue weighted by Gasteiger charge is -2.25. The fourth-order valence-electron chi connectivity index (χ4n) is 2.25. The molecule has 4 nitrogen and oxygen atoms in total.